The predicted molar refractivity (Wildman–Crippen MR) is 63.1 cm³/mol. The number of nitrogens with one attached hydrogen (secondary N) is 1. The summed E-state index contributed by atoms with van der Waals surface area (Å²) in [6.45, 7) is 5.64. The first-order chi connectivity index (χ1) is 7.24. The van der Waals surface area contributed by atoms with Gasteiger partial charge in [-0.05, 0) is 13.0 Å². The molecule has 0 aromatic heterocycles. The zero-order chi connectivity index (χ0) is 11.1. The van der Waals surface area contributed by atoms with Gasteiger partial charge in [0.05, 0.1) is 12.4 Å². The zero-order valence-corrected chi connectivity index (χ0v) is 10.1. The number of hydrogen-bond donors (Lipinski definition) is 2. The molecule has 15 heavy (non-hydrogen) atoms. The molecular weight excluding hydrogens is 212 g/mol. The summed E-state index contributed by atoms with van der Waals surface area (Å²) in [6.07, 6.45) is 1.03. The molecule has 1 saturated heterocycles. The Morgan fingerprint density at radius 2 is 2.33 bits per heavy atom. The van der Waals surface area contributed by atoms with Crippen LogP contribution in [0.5, 0.6) is 0 Å². The number of rotatable bonds is 4. The van der Waals surface area contributed by atoms with E-state index in [-0.39, 0.29) is 17.8 Å². The summed E-state index contributed by atoms with van der Waals surface area (Å²) >= 11 is 1.52. The lowest BCUT2D eigenvalue weighted by atomic mass is 10.4. The Kier molecular flexibility index (Phi) is 6.05. The van der Waals surface area contributed by atoms with E-state index in [0.29, 0.717) is 5.75 Å². The summed E-state index contributed by atoms with van der Waals surface area (Å²) in [4.78, 5) is 13.7. The van der Waals surface area contributed by atoms with Crippen molar-refractivity contribution in [2.75, 3.05) is 38.5 Å². The third-order valence-electron chi connectivity index (χ3n) is 2.44. The molecule has 1 amide bonds. The summed E-state index contributed by atoms with van der Waals surface area (Å²) in [7, 11) is 0. The number of aliphatic hydroxyl groups excluding tert-OH is 1. The topological polar surface area (TPSA) is 52.6 Å². The van der Waals surface area contributed by atoms with Crippen LogP contribution in [0.1, 0.15) is 13.3 Å². The van der Waals surface area contributed by atoms with Crippen molar-refractivity contribution in [1.29, 1.82) is 0 Å². The second kappa shape index (κ2) is 7.09. The molecule has 0 aliphatic carbocycles. The fourth-order valence-corrected chi connectivity index (χ4v) is 2.17. The minimum atomic E-state index is 0.138. The van der Waals surface area contributed by atoms with Gasteiger partial charge in [0.15, 0.2) is 0 Å². The van der Waals surface area contributed by atoms with Crippen LogP contribution in [0.15, 0.2) is 0 Å². The third kappa shape index (κ3) is 4.86. The first kappa shape index (κ1) is 12.8. The Morgan fingerprint density at radius 3 is 3.07 bits per heavy atom. The first-order valence-corrected chi connectivity index (χ1v) is 6.50. The number of aliphatic hydroxyl groups is 1. The normalized spacial score (nSPS) is 19.7. The molecule has 88 valence electrons. The zero-order valence-electron chi connectivity index (χ0n) is 9.24. The molecule has 1 fully saturated rings. The number of carbonyl (C=O) groups excluding carboxylic acids is 1. The largest absolute Gasteiger partial charge is 0.395 e. The van der Waals surface area contributed by atoms with Crippen LogP contribution in [0.25, 0.3) is 0 Å². The quantitative estimate of drug-likeness (QED) is 0.712. The molecule has 1 unspecified atom stereocenters. The van der Waals surface area contributed by atoms with Crippen molar-refractivity contribution in [2.45, 2.75) is 18.6 Å². The monoisotopic (exact) mass is 232 g/mol. The van der Waals surface area contributed by atoms with Crippen molar-refractivity contribution >= 4 is 17.7 Å². The van der Waals surface area contributed by atoms with E-state index in [0.717, 1.165) is 32.6 Å². The number of carbonyl (C=O) groups is 1. The van der Waals surface area contributed by atoms with E-state index in [1.807, 2.05) is 11.8 Å². The van der Waals surface area contributed by atoms with Crippen molar-refractivity contribution in [3.8, 4) is 0 Å². The lowest BCUT2D eigenvalue weighted by molar-refractivity contribution is -0.128. The van der Waals surface area contributed by atoms with Crippen LogP contribution in [0.4, 0.5) is 0 Å². The second-order valence-electron chi connectivity index (χ2n) is 3.79. The van der Waals surface area contributed by atoms with Gasteiger partial charge in [-0.3, -0.25) is 4.79 Å². The lowest BCUT2D eigenvalue weighted by Crippen LogP contribution is -2.35. The fraction of sp³-hybridized carbons (Fsp3) is 0.900. The van der Waals surface area contributed by atoms with Crippen LogP contribution in [-0.4, -0.2) is 59.7 Å². The van der Waals surface area contributed by atoms with Gasteiger partial charge in [-0.1, -0.05) is 6.92 Å². The molecule has 0 bridgehead atoms. The molecule has 1 rings (SSSR count). The first-order valence-electron chi connectivity index (χ1n) is 5.45. The average molecular weight is 232 g/mol. The summed E-state index contributed by atoms with van der Waals surface area (Å²) < 4.78 is 0. The highest BCUT2D eigenvalue weighted by atomic mass is 32.2. The molecule has 0 saturated carbocycles. The van der Waals surface area contributed by atoms with Gasteiger partial charge < -0.3 is 15.3 Å². The van der Waals surface area contributed by atoms with E-state index >= 15 is 0 Å². The van der Waals surface area contributed by atoms with Crippen molar-refractivity contribution in [3.63, 3.8) is 0 Å². The van der Waals surface area contributed by atoms with E-state index in [1.165, 1.54) is 11.8 Å². The molecule has 1 aliphatic heterocycles. The summed E-state index contributed by atoms with van der Waals surface area (Å²) in [5.41, 5.74) is 0. The van der Waals surface area contributed by atoms with Crippen molar-refractivity contribution in [3.05, 3.63) is 0 Å². The number of thioether (sulfide) groups is 1. The molecule has 5 heteroatoms. The molecule has 0 radical (unpaired) electrons. The number of amides is 1. The van der Waals surface area contributed by atoms with E-state index in [9.17, 15) is 4.79 Å². The molecule has 1 atom stereocenters. The maximum Gasteiger partial charge on any atom is 0.232 e. The molecule has 2 N–H and O–H groups in total. The summed E-state index contributed by atoms with van der Waals surface area (Å²) in [5.74, 6) is 0.686. The summed E-state index contributed by atoms with van der Waals surface area (Å²) in [6, 6.07) is 0. The van der Waals surface area contributed by atoms with Crippen LogP contribution in [0.2, 0.25) is 0 Å². The molecule has 0 aromatic rings. The van der Waals surface area contributed by atoms with Crippen molar-refractivity contribution in [2.24, 2.45) is 0 Å². The van der Waals surface area contributed by atoms with E-state index in [1.54, 1.807) is 0 Å². The van der Waals surface area contributed by atoms with Gasteiger partial charge in [-0.15, -0.1) is 11.8 Å². The molecule has 0 spiro atoms. The molecular formula is C10H20N2O2S. The SMILES string of the molecule is CC(CO)SCC(=O)N1CCCNCC1. The van der Waals surface area contributed by atoms with Gasteiger partial charge in [-0.25, -0.2) is 0 Å². The van der Waals surface area contributed by atoms with Gasteiger partial charge in [0, 0.05) is 24.9 Å². The molecule has 1 aliphatic rings. The summed E-state index contributed by atoms with van der Waals surface area (Å²) in [5, 5.41) is 12.3. The van der Waals surface area contributed by atoms with Gasteiger partial charge in [0.1, 0.15) is 0 Å². The van der Waals surface area contributed by atoms with Crippen LogP contribution >= 0.6 is 11.8 Å². The van der Waals surface area contributed by atoms with Crippen molar-refractivity contribution < 1.29 is 9.90 Å². The third-order valence-corrected chi connectivity index (χ3v) is 3.57. The minimum Gasteiger partial charge on any atom is -0.395 e. The predicted octanol–water partition coefficient (Wildman–Crippen LogP) is -0.0777. The average Bonchev–Trinajstić information content (AvgIpc) is 2.53. The molecule has 4 nitrogen and oxygen atoms in total. The van der Waals surface area contributed by atoms with E-state index < -0.39 is 0 Å². The fourth-order valence-electron chi connectivity index (χ4n) is 1.45. The maximum absolute atomic E-state index is 11.8. The standard InChI is InChI=1S/C10H20N2O2S/c1-9(7-13)15-8-10(14)12-5-2-3-11-4-6-12/h9,11,13H,2-8H2,1H3. The molecule has 0 aromatic carbocycles. The Balaban J connectivity index is 2.25. The van der Waals surface area contributed by atoms with Gasteiger partial charge in [0.2, 0.25) is 5.91 Å². The van der Waals surface area contributed by atoms with Gasteiger partial charge in [-0.2, -0.15) is 0 Å². The highest BCUT2D eigenvalue weighted by Gasteiger charge is 2.15. The van der Waals surface area contributed by atoms with Crippen LogP contribution in [-0.2, 0) is 4.79 Å². The van der Waals surface area contributed by atoms with Crippen molar-refractivity contribution in [1.82, 2.24) is 10.2 Å². The van der Waals surface area contributed by atoms with Gasteiger partial charge >= 0.3 is 0 Å². The molecule has 1 heterocycles. The van der Waals surface area contributed by atoms with Crippen LogP contribution in [0.3, 0.4) is 0 Å². The van der Waals surface area contributed by atoms with Crippen LogP contribution in [0, 0.1) is 0 Å². The smallest absolute Gasteiger partial charge is 0.232 e. The second-order valence-corrected chi connectivity index (χ2v) is 5.22. The highest BCUT2D eigenvalue weighted by molar-refractivity contribution is 8.00. The minimum absolute atomic E-state index is 0.138. The van der Waals surface area contributed by atoms with E-state index in [4.69, 9.17) is 5.11 Å². The maximum atomic E-state index is 11.8. The Morgan fingerprint density at radius 1 is 1.53 bits per heavy atom. The van der Waals surface area contributed by atoms with E-state index in [2.05, 4.69) is 5.32 Å². The highest BCUT2D eigenvalue weighted by Crippen LogP contribution is 2.10. The van der Waals surface area contributed by atoms with Crippen LogP contribution < -0.4 is 5.32 Å². The Labute approximate surface area is 95.4 Å². The van der Waals surface area contributed by atoms with Gasteiger partial charge in [0.25, 0.3) is 0 Å². The Hall–Kier alpha value is -0.260. The lowest BCUT2D eigenvalue weighted by Gasteiger charge is -2.20. The number of nitrogens with zero attached hydrogens (tertiary/aromatic N) is 1. The Bertz CT molecular complexity index is 194. The number of hydrogen-bond acceptors (Lipinski definition) is 4.